The van der Waals surface area contributed by atoms with E-state index in [9.17, 15) is 0 Å². The number of hydrogen-bond donors (Lipinski definition) is 2. The number of pyridine rings is 1. The first kappa shape index (κ1) is 25.5. The van der Waals surface area contributed by atoms with Crippen LogP contribution in [0.2, 0.25) is 0 Å². The van der Waals surface area contributed by atoms with Gasteiger partial charge in [-0.25, -0.2) is 4.98 Å². The van der Waals surface area contributed by atoms with Crippen LogP contribution in [0.4, 0.5) is 23.1 Å². The molecule has 0 unspecified atom stereocenters. The number of nitrogens with zero attached hydrogens (tertiary/aromatic N) is 4. The number of anilines is 4. The number of rotatable bonds is 8. The molecule has 202 valence electrons. The highest BCUT2D eigenvalue weighted by atomic mass is 16.5. The molecule has 1 saturated carbocycles. The molecule has 0 bridgehead atoms. The number of aromatic nitrogens is 3. The Morgan fingerprint density at radius 2 is 1.77 bits per heavy atom. The Morgan fingerprint density at radius 3 is 2.62 bits per heavy atom. The SMILES string of the molecule is CO[C@@H]1C[C@H](Oc2ccc(Nc3nccc(Nc4cnc5ccccc5c4)n3)cc2)CC[C@H]1N1CCOCC1. The van der Waals surface area contributed by atoms with E-state index < -0.39 is 0 Å². The van der Waals surface area contributed by atoms with Crippen LogP contribution in [0.15, 0.2) is 73.1 Å². The zero-order chi connectivity index (χ0) is 26.4. The lowest BCUT2D eigenvalue weighted by molar-refractivity contribution is -0.0698. The van der Waals surface area contributed by atoms with Gasteiger partial charge in [-0.2, -0.15) is 4.98 Å². The van der Waals surface area contributed by atoms with Crippen molar-refractivity contribution in [3.05, 3.63) is 73.1 Å². The largest absolute Gasteiger partial charge is 0.490 e. The predicted octanol–water partition coefficient (Wildman–Crippen LogP) is 5.16. The molecule has 3 atom stereocenters. The van der Waals surface area contributed by atoms with Crippen molar-refractivity contribution in [3.8, 4) is 5.75 Å². The lowest BCUT2D eigenvalue weighted by Gasteiger charge is -2.43. The normalized spacial score (nSPS) is 21.9. The molecule has 4 aromatic rings. The van der Waals surface area contributed by atoms with Crippen molar-refractivity contribution < 1.29 is 14.2 Å². The van der Waals surface area contributed by atoms with Crippen molar-refractivity contribution >= 4 is 34.0 Å². The number of morpholine rings is 1. The monoisotopic (exact) mass is 526 g/mol. The summed E-state index contributed by atoms with van der Waals surface area (Å²) in [7, 11) is 1.81. The minimum absolute atomic E-state index is 0.140. The van der Waals surface area contributed by atoms with Crippen LogP contribution >= 0.6 is 0 Å². The number of nitrogens with one attached hydrogen (secondary N) is 2. The van der Waals surface area contributed by atoms with Crippen LogP contribution in [0.3, 0.4) is 0 Å². The summed E-state index contributed by atoms with van der Waals surface area (Å²) in [6.45, 7) is 3.57. The quantitative estimate of drug-likeness (QED) is 0.323. The van der Waals surface area contributed by atoms with Gasteiger partial charge in [0, 0.05) is 49.9 Å². The van der Waals surface area contributed by atoms with Gasteiger partial charge < -0.3 is 24.8 Å². The molecule has 2 N–H and O–H groups in total. The first-order valence-electron chi connectivity index (χ1n) is 13.6. The van der Waals surface area contributed by atoms with Gasteiger partial charge in [-0.05, 0) is 55.3 Å². The molecule has 6 rings (SSSR count). The van der Waals surface area contributed by atoms with E-state index >= 15 is 0 Å². The molecule has 0 spiro atoms. The van der Waals surface area contributed by atoms with Crippen molar-refractivity contribution in [1.29, 1.82) is 0 Å². The molecule has 1 aliphatic carbocycles. The van der Waals surface area contributed by atoms with E-state index in [-0.39, 0.29) is 12.2 Å². The number of ether oxygens (including phenoxy) is 3. The summed E-state index contributed by atoms with van der Waals surface area (Å²) in [5, 5.41) is 7.67. The van der Waals surface area contributed by atoms with Gasteiger partial charge in [-0.1, -0.05) is 18.2 Å². The van der Waals surface area contributed by atoms with E-state index in [1.807, 2.05) is 61.7 Å². The molecule has 2 aromatic heterocycles. The van der Waals surface area contributed by atoms with E-state index in [0.29, 0.717) is 17.8 Å². The Labute approximate surface area is 228 Å². The van der Waals surface area contributed by atoms with E-state index in [1.165, 1.54) is 0 Å². The fraction of sp³-hybridized carbons (Fsp3) is 0.367. The molecule has 2 aliphatic rings. The van der Waals surface area contributed by atoms with Crippen molar-refractivity contribution in [2.75, 3.05) is 44.0 Å². The minimum atomic E-state index is 0.140. The van der Waals surface area contributed by atoms with Crippen LogP contribution in [0.5, 0.6) is 5.75 Å². The van der Waals surface area contributed by atoms with Crippen LogP contribution in [-0.4, -0.2) is 71.5 Å². The van der Waals surface area contributed by atoms with Gasteiger partial charge >= 0.3 is 0 Å². The van der Waals surface area contributed by atoms with Gasteiger partial charge in [0.2, 0.25) is 5.95 Å². The zero-order valence-corrected chi connectivity index (χ0v) is 22.1. The number of methoxy groups -OCH3 is 1. The highest BCUT2D eigenvalue weighted by Gasteiger charge is 2.35. The third-order valence-electron chi connectivity index (χ3n) is 7.46. The molecule has 2 fully saturated rings. The van der Waals surface area contributed by atoms with Gasteiger partial charge in [-0.15, -0.1) is 0 Å². The van der Waals surface area contributed by atoms with Gasteiger partial charge in [0.25, 0.3) is 0 Å². The molecule has 0 radical (unpaired) electrons. The fourth-order valence-corrected chi connectivity index (χ4v) is 5.48. The van der Waals surface area contributed by atoms with Crippen LogP contribution in [0, 0.1) is 0 Å². The van der Waals surface area contributed by atoms with Crippen molar-refractivity contribution in [2.24, 2.45) is 0 Å². The molecule has 0 amide bonds. The van der Waals surface area contributed by atoms with Crippen LogP contribution in [-0.2, 0) is 9.47 Å². The molecule has 3 heterocycles. The second-order valence-electron chi connectivity index (χ2n) is 10.00. The van der Waals surface area contributed by atoms with Gasteiger partial charge in [-0.3, -0.25) is 9.88 Å². The second kappa shape index (κ2) is 11.9. The van der Waals surface area contributed by atoms with Gasteiger partial charge in [0.05, 0.1) is 36.7 Å². The summed E-state index contributed by atoms with van der Waals surface area (Å²) < 4.78 is 17.8. The first-order chi connectivity index (χ1) is 19.2. The Bertz CT molecular complexity index is 1380. The first-order valence-corrected chi connectivity index (χ1v) is 13.6. The summed E-state index contributed by atoms with van der Waals surface area (Å²) in [5.74, 6) is 2.04. The molecular weight excluding hydrogens is 492 g/mol. The average Bonchev–Trinajstić information content (AvgIpc) is 2.99. The standard InChI is InChI=1S/C30H34N6O3/c1-37-28-19-25(10-11-27(28)36-14-16-38-17-15-36)39-24-8-6-22(7-9-24)34-30-31-13-12-29(35-30)33-23-18-21-4-2-3-5-26(21)32-20-23/h2-9,12-13,18,20,25,27-28H,10-11,14-17,19H2,1H3,(H2,31,33,34,35)/t25-,27-,28-/m1/s1. The van der Waals surface area contributed by atoms with Crippen molar-refractivity contribution in [1.82, 2.24) is 19.9 Å². The van der Waals surface area contributed by atoms with Gasteiger partial charge in [0.15, 0.2) is 0 Å². The van der Waals surface area contributed by atoms with Crippen LogP contribution in [0.1, 0.15) is 19.3 Å². The molecule has 2 aromatic carbocycles. The van der Waals surface area contributed by atoms with Crippen molar-refractivity contribution in [2.45, 2.75) is 37.5 Å². The summed E-state index contributed by atoms with van der Waals surface area (Å²) in [6, 6.07) is 20.3. The molecular formula is C30H34N6O3. The van der Waals surface area contributed by atoms with Crippen LogP contribution in [0.25, 0.3) is 10.9 Å². The second-order valence-corrected chi connectivity index (χ2v) is 10.00. The number of hydrogen-bond acceptors (Lipinski definition) is 9. The lowest BCUT2D eigenvalue weighted by Crippen LogP contribution is -2.53. The molecule has 9 nitrogen and oxygen atoms in total. The number of fused-ring (bicyclic) bond motifs is 1. The third kappa shape index (κ3) is 6.27. The predicted molar refractivity (Wildman–Crippen MR) is 152 cm³/mol. The fourth-order valence-electron chi connectivity index (χ4n) is 5.48. The molecule has 9 heteroatoms. The van der Waals surface area contributed by atoms with Crippen molar-refractivity contribution in [3.63, 3.8) is 0 Å². The lowest BCUT2D eigenvalue weighted by atomic mass is 9.88. The molecule has 39 heavy (non-hydrogen) atoms. The van der Waals surface area contributed by atoms with Gasteiger partial charge in [0.1, 0.15) is 17.7 Å². The summed E-state index contributed by atoms with van der Waals surface area (Å²) in [6.07, 6.45) is 6.82. The summed E-state index contributed by atoms with van der Waals surface area (Å²) in [5.41, 5.74) is 2.71. The maximum Gasteiger partial charge on any atom is 0.229 e. The zero-order valence-electron chi connectivity index (χ0n) is 22.1. The number of benzene rings is 2. The highest BCUT2D eigenvalue weighted by Crippen LogP contribution is 2.30. The topological polar surface area (TPSA) is 93.7 Å². The maximum atomic E-state index is 6.35. The average molecular weight is 527 g/mol. The Morgan fingerprint density at radius 1 is 0.923 bits per heavy atom. The van der Waals surface area contributed by atoms with Crippen LogP contribution < -0.4 is 15.4 Å². The van der Waals surface area contributed by atoms with E-state index in [4.69, 9.17) is 14.2 Å². The smallest absolute Gasteiger partial charge is 0.229 e. The summed E-state index contributed by atoms with van der Waals surface area (Å²) in [4.78, 5) is 16.0. The molecule has 1 saturated heterocycles. The Hall–Kier alpha value is -3.79. The van der Waals surface area contributed by atoms with E-state index in [2.05, 4.69) is 36.6 Å². The summed E-state index contributed by atoms with van der Waals surface area (Å²) >= 11 is 0. The van der Waals surface area contributed by atoms with E-state index in [0.717, 1.165) is 73.6 Å². The molecule has 1 aliphatic heterocycles. The Kier molecular flexibility index (Phi) is 7.80. The highest BCUT2D eigenvalue weighted by molar-refractivity contribution is 5.82. The minimum Gasteiger partial charge on any atom is -0.490 e. The van der Waals surface area contributed by atoms with E-state index in [1.54, 1.807) is 12.4 Å². The third-order valence-corrected chi connectivity index (χ3v) is 7.46. The number of para-hydroxylation sites is 1. The maximum absolute atomic E-state index is 6.35. The Balaban J connectivity index is 1.04.